The Kier molecular flexibility index (Phi) is 12.6. The van der Waals surface area contributed by atoms with Crippen molar-refractivity contribution in [3.63, 3.8) is 0 Å². The van der Waals surface area contributed by atoms with Crippen molar-refractivity contribution in [3.8, 4) is 28.4 Å². The van der Waals surface area contributed by atoms with Gasteiger partial charge in [-0.25, -0.2) is 10.4 Å². The molecule has 0 unspecified atom stereocenters. The van der Waals surface area contributed by atoms with Crippen LogP contribution < -0.4 is 25.1 Å². The molecule has 0 aliphatic carbocycles. The van der Waals surface area contributed by atoms with Gasteiger partial charge in [-0.05, 0) is 70.6 Å². The van der Waals surface area contributed by atoms with Gasteiger partial charge in [-0.15, -0.1) is 0 Å². The van der Waals surface area contributed by atoms with Crippen molar-refractivity contribution < 1.29 is 28.8 Å². The summed E-state index contributed by atoms with van der Waals surface area (Å²) in [4.78, 5) is 19.7. The molecule has 0 spiro atoms. The first-order chi connectivity index (χ1) is 26.0. The minimum absolute atomic E-state index is 0.0599. The van der Waals surface area contributed by atoms with Crippen molar-refractivity contribution >= 4 is 17.9 Å². The second kappa shape index (κ2) is 18.0. The summed E-state index contributed by atoms with van der Waals surface area (Å²) in [5, 5.41) is 9.14. The smallest absolute Gasteiger partial charge is 0.266 e. The molecule has 1 aliphatic rings. The number of methoxy groups -OCH3 is 2. The Hall–Kier alpha value is -5.90. The average molecular weight is 712 g/mol. The lowest BCUT2D eigenvalue weighted by Crippen LogP contribution is -2.52. The van der Waals surface area contributed by atoms with Gasteiger partial charge in [-0.3, -0.25) is 10.2 Å². The van der Waals surface area contributed by atoms with Gasteiger partial charge in [0.25, 0.3) is 5.91 Å². The van der Waals surface area contributed by atoms with Crippen molar-refractivity contribution in [2.45, 2.75) is 30.9 Å². The molecule has 0 bridgehead atoms. The van der Waals surface area contributed by atoms with E-state index in [1.54, 1.807) is 14.2 Å². The van der Waals surface area contributed by atoms with E-state index >= 15 is 0 Å². The van der Waals surface area contributed by atoms with Gasteiger partial charge >= 0.3 is 0 Å². The van der Waals surface area contributed by atoms with Crippen LogP contribution in [-0.4, -0.2) is 56.4 Å². The second-order valence-electron chi connectivity index (χ2n) is 12.6. The zero-order valence-electron chi connectivity index (χ0n) is 30.0. The molecule has 3 N–H and O–H groups in total. The summed E-state index contributed by atoms with van der Waals surface area (Å²) >= 11 is 0. The first-order valence-corrected chi connectivity index (χ1v) is 17.7. The first-order valence-electron chi connectivity index (χ1n) is 17.7. The molecule has 2 atom stereocenters. The number of aliphatic hydroxyl groups excluding tert-OH is 1. The standard InChI is InChI=1S/C44H45N3O6/c1-50-39-25-16-33(31-40(39)51-2)26-28-45-47-43(49)44(27-9-13-32-11-5-3-6-12-32)41(36-19-17-35(18-20-36)34-14-7-4-8-15-34)53-42(46-44)37-21-23-38(24-22-37)52-30-10-29-48/h3-9,11-25,31,41,45,48H,10,26-30H2,1-2H3,(H,47,49)/b13-9+/t41-,44-/m0/s1. The fourth-order valence-corrected chi connectivity index (χ4v) is 6.23. The van der Waals surface area contributed by atoms with Crippen LogP contribution in [0.3, 0.4) is 0 Å². The maximum Gasteiger partial charge on any atom is 0.266 e. The zero-order chi connectivity index (χ0) is 36.9. The van der Waals surface area contributed by atoms with Gasteiger partial charge in [-0.2, -0.15) is 0 Å². The largest absolute Gasteiger partial charge is 0.494 e. The number of carbonyl (C=O) groups excluding carboxylic acids is 1. The summed E-state index contributed by atoms with van der Waals surface area (Å²) in [7, 11) is 3.22. The SMILES string of the molecule is COc1ccc(CCNNC(=O)[C@@]2(C/C=C/c3ccccc3)N=C(c3ccc(OCCCO)cc3)O[C@H]2c2ccc(-c3ccccc3)cc2)cc1OC. The number of aliphatic imine (C=N–C) groups is 1. The quantitative estimate of drug-likeness (QED) is 0.0683. The number of hydrazine groups is 1. The molecule has 6 rings (SSSR count). The summed E-state index contributed by atoms with van der Waals surface area (Å²) in [6.45, 7) is 0.928. The molecule has 0 radical (unpaired) electrons. The van der Waals surface area contributed by atoms with E-state index in [0.717, 1.165) is 27.8 Å². The van der Waals surface area contributed by atoms with E-state index in [4.69, 9.17) is 29.0 Å². The Bertz CT molecular complexity index is 1980. The van der Waals surface area contributed by atoms with Crippen LogP contribution in [0.2, 0.25) is 0 Å². The number of rotatable bonds is 17. The summed E-state index contributed by atoms with van der Waals surface area (Å²) < 4.78 is 23.3. The highest BCUT2D eigenvalue weighted by Crippen LogP contribution is 2.43. The average Bonchev–Trinajstić information content (AvgIpc) is 3.61. The Morgan fingerprint density at radius 1 is 0.830 bits per heavy atom. The van der Waals surface area contributed by atoms with E-state index < -0.39 is 11.6 Å². The molecule has 1 heterocycles. The predicted molar refractivity (Wildman–Crippen MR) is 208 cm³/mol. The van der Waals surface area contributed by atoms with Crippen molar-refractivity contribution in [1.82, 2.24) is 10.9 Å². The molecule has 5 aromatic carbocycles. The Morgan fingerprint density at radius 2 is 1.51 bits per heavy atom. The van der Waals surface area contributed by atoms with Gasteiger partial charge in [0, 0.05) is 31.6 Å². The van der Waals surface area contributed by atoms with E-state index in [1.807, 2.05) is 127 Å². The van der Waals surface area contributed by atoms with Crippen LogP contribution in [0.15, 0.2) is 138 Å². The van der Waals surface area contributed by atoms with Crippen LogP contribution in [0.1, 0.15) is 41.2 Å². The van der Waals surface area contributed by atoms with Crippen LogP contribution in [-0.2, 0) is 16.0 Å². The highest BCUT2D eigenvalue weighted by Gasteiger charge is 2.52. The number of ether oxygens (including phenoxy) is 4. The number of amides is 1. The lowest BCUT2D eigenvalue weighted by Gasteiger charge is -2.30. The summed E-state index contributed by atoms with van der Waals surface area (Å²) in [5.41, 5.74) is 10.5. The zero-order valence-corrected chi connectivity index (χ0v) is 30.0. The molecule has 53 heavy (non-hydrogen) atoms. The van der Waals surface area contributed by atoms with Gasteiger partial charge in [0.15, 0.2) is 23.1 Å². The third kappa shape index (κ3) is 9.13. The molecule has 272 valence electrons. The Balaban J connectivity index is 1.31. The van der Waals surface area contributed by atoms with Crippen molar-refractivity contribution in [3.05, 3.63) is 156 Å². The molecular formula is C44H45N3O6. The molecule has 0 saturated heterocycles. The monoisotopic (exact) mass is 711 g/mol. The fourth-order valence-electron chi connectivity index (χ4n) is 6.23. The summed E-state index contributed by atoms with van der Waals surface area (Å²) in [6, 6.07) is 41.4. The van der Waals surface area contributed by atoms with Crippen molar-refractivity contribution in [2.75, 3.05) is 34.0 Å². The number of nitrogens with zero attached hydrogens (tertiary/aromatic N) is 1. The number of aliphatic hydroxyl groups is 1. The lowest BCUT2D eigenvalue weighted by molar-refractivity contribution is -0.129. The fraction of sp³-hybridized carbons (Fsp3) is 0.227. The van der Waals surface area contributed by atoms with E-state index in [1.165, 1.54) is 0 Å². The van der Waals surface area contributed by atoms with Crippen molar-refractivity contribution in [1.29, 1.82) is 0 Å². The Labute approximate surface area is 310 Å². The topological polar surface area (TPSA) is 111 Å². The highest BCUT2D eigenvalue weighted by molar-refractivity contribution is 6.01. The molecule has 9 nitrogen and oxygen atoms in total. The number of hydrogen-bond donors (Lipinski definition) is 3. The van der Waals surface area contributed by atoms with Gasteiger partial charge < -0.3 is 24.1 Å². The predicted octanol–water partition coefficient (Wildman–Crippen LogP) is 7.36. The number of benzene rings is 5. The normalized spacial score (nSPS) is 16.5. The van der Waals surface area contributed by atoms with E-state index in [-0.39, 0.29) is 18.9 Å². The van der Waals surface area contributed by atoms with Crippen LogP contribution in [0, 0.1) is 0 Å². The number of hydrogen-bond acceptors (Lipinski definition) is 8. The van der Waals surface area contributed by atoms with Crippen LogP contribution in [0.4, 0.5) is 0 Å². The van der Waals surface area contributed by atoms with Gasteiger partial charge in [-0.1, -0.05) is 103 Å². The molecule has 0 fully saturated rings. The summed E-state index contributed by atoms with van der Waals surface area (Å²) in [6.07, 6.45) is 4.68. The maximum atomic E-state index is 14.6. The maximum absolute atomic E-state index is 14.6. The van der Waals surface area contributed by atoms with Crippen LogP contribution in [0.5, 0.6) is 17.2 Å². The molecule has 5 aromatic rings. The van der Waals surface area contributed by atoms with Crippen molar-refractivity contribution in [2.24, 2.45) is 4.99 Å². The molecule has 0 saturated carbocycles. The third-order valence-electron chi connectivity index (χ3n) is 9.08. The lowest BCUT2D eigenvalue weighted by atomic mass is 9.84. The van der Waals surface area contributed by atoms with Crippen LogP contribution >= 0.6 is 0 Å². The minimum atomic E-state index is -1.36. The first kappa shape index (κ1) is 36.9. The molecular weight excluding hydrogens is 666 g/mol. The third-order valence-corrected chi connectivity index (χ3v) is 9.08. The highest BCUT2D eigenvalue weighted by atomic mass is 16.5. The molecule has 1 amide bonds. The molecule has 1 aliphatic heterocycles. The summed E-state index contributed by atoms with van der Waals surface area (Å²) in [5.74, 6) is 2.01. The van der Waals surface area contributed by atoms with E-state index in [0.29, 0.717) is 54.7 Å². The van der Waals surface area contributed by atoms with Gasteiger partial charge in [0.2, 0.25) is 5.90 Å². The number of nitrogens with one attached hydrogen (secondary N) is 2. The molecule has 9 heteroatoms. The Morgan fingerprint density at radius 3 is 2.21 bits per heavy atom. The van der Waals surface area contributed by atoms with E-state index in [2.05, 4.69) is 23.0 Å². The van der Waals surface area contributed by atoms with E-state index in [9.17, 15) is 4.79 Å². The molecule has 0 aromatic heterocycles. The van der Waals surface area contributed by atoms with Gasteiger partial charge in [0.05, 0.1) is 20.8 Å². The minimum Gasteiger partial charge on any atom is -0.494 e. The van der Waals surface area contributed by atoms with Crippen LogP contribution in [0.25, 0.3) is 17.2 Å². The number of carbonyl (C=O) groups is 1. The second-order valence-corrected chi connectivity index (χ2v) is 12.6. The van der Waals surface area contributed by atoms with Gasteiger partial charge in [0.1, 0.15) is 5.75 Å².